The van der Waals surface area contributed by atoms with E-state index in [0.717, 1.165) is 27.7 Å². The molecule has 0 spiro atoms. The maximum atomic E-state index is 14.9. The highest BCUT2D eigenvalue weighted by molar-refractivity contribution is 8.16. The lowest BCUT2D eigenvalue weighted by Crippen LogP contribution is -2.60. The average molecular weight is 679 g/mol. The van der Waals surface area contributed by atoms with Crippen molar-refractivity contribution in [2.75, 3.05) is 0 Å². The molecule has 9 nitrogen and oxygen atoms in total. The van der Waals surface area contributed by atoms with Crippen LogP contribution in [0.3, 0.4) is 0 Å². The number of carbonyl (C=O) groups excluding carboxylic acids is 5. The Hall–Kier alpha value is -5.18. The van der Waals surface area contributed by atoms with Gasteiger partial charge in [0.1, 0.15) is 5.42 Å². The number of thioether (sulfide) groups is 1. The number of rotatable bonds is 10. The van der Waals surface area contributed by atoms with E-state index in [9.17, 15) is 24.0 Å². The van der Waals surface area contributed by atoms with Crippen LogP contribution in [-0.4, -0.2) is 45.2 Å². The molecular weight excluding hydrogens is 647 g/mol. The van der Waals surface area contributed by atoms with Gasteiger partial charge in [0.25, 0.3) is 6.29 Å². The molecule has 2 aliphatic heterocycles. The van der Waals surface area contributed by atoms with Crippen LogP contribution < -0.4 is 21.2 Å². The number of nitrogens with zero attached hydrogens (tertiary/aromatic N) is 1. The van der Waals surface area contributed by atoms with E-state index in [1.54, 1.807) is 24.3 Å². The minimum absolute atomic E-state index is 0.0398. The molecule has 0 radical (unpaired) electrons. The van der Waals surface area contributed by atoms with Crippen molar-refractivity contribution in [3.8, 4) is 0 Å². The van der Waals surface area contributed by atoms with Crippen molar-refractivity contribution in [1.82, 2.24) is 10.2 Å². The lowest BCUT2D eigenvalue weighted by atomic mass is 9.99. The highest BCUT2D eigenvalue weighted by Crippen LogP contribution is 2.49. The summed E-state index contributed by atoms with van der Waals surface area (Å²) in [5.41, 5.74) is 0.779. The van der Waals surface area contributed by atoms with Crippen LogP contribution in [0.25, 0.3) is 0 Å². The van der Waals surface area contributed by atoms with Gasteiger partial charge in [-0.3, -0.25) is 14.4 Å². The van der Waals surface area contributed by atoms with Crippen LogP contribution in [0.2, 0.25) is 0 Å². The van der Waals surface area contributed by atoms with Crippen LogP contribution in [0.4, 0.5) is 0 Å². The third-order valence-electron chi connectivity index (χ3n) is 8.02. The number of benzene rings is 4. The van der Waals surface area contributed by atoms with Gasteiger partial charge >= 0.3 is 11.9 Å². The molecule has 2 heterocycles. The number of ether oxygens (including phenoxy) is 2. The van der Waals surface area contributed by atoms with Gasteiger partial charge in [-0.05, 0) is 27.4 Å². The Kier molecular flexibility index (Phi) is 9.75. The molecule has 4 aromatic carbocycles. The largest absolute Gasteiger partial charge is 0.417 e. The maximum Gasteiger partial charge on any atom is 0.359 e. The minimum atomic E-state index is -3.23. The first-order valence-corrected chi connectivity index (χ1v) is 17.9. The number of cyclic esters (lactones) is 1. The van der Waals surface area contributed by atoms with Crippen molar-refractivity contribution in [2.24, 2.45) is 0 Å². The molecule has 0 bridgehead atoms. The lowest BCUT2D eigenvalue weighted by molar-refractivity contribution is -0.162. The fraction of sp³-hybridized carbons (Fsp3) is 0.135. The number of β-lactam (4-membered cyclic amide) rings is 1. The maximum absolute atomic E-state index is 14.9. The van der Waals surface area contributed by atoms with E-state index in [0.29, 0.717) is 11.1 Å². The third kappa shape index (κ3) is 6.37. The van der Waals surface area contributed by atoms with Crippen LogP contribution in [0.5, 0.6) is 0 Å². The van der Waals surface area contributed by atoms with Gasteiger partial charge in [-0.1, -0.05) is 121 Å². The van der Waals surface area contributed by atoms with Crippen LogP contribution in [-0.2, 0) is 28.7 Å². The first kappa shape index (κ1) is 32.7. The van der Waals surface area contributed by atoms with Crippen LogP contribution in [0, 0.1) is 0 Å². The minimum Gasteiger partial charge on any atom is -0.417 e. The Morgan fingerprint density at radius 2 is 1.40 bits per heavy atom. The summed E-state index contributed by atoms with van der Waals surface area (Å²) in [5.74, 6) is -2.06. The van der Waals surface area contributed by atoms with Crippen molar-refractivity contribution in [3.05, 3.63) is 138 Å². The van der Waals surface area contributed by atoms with E-state index in [1.807, 2.05) is 91.0 Å². The molecule has 48 heavy (non-hydrogen) atoms. The molecule has 0 saturated carbocycles. The molecule has 2 aliphatic rings. The first-order valence-electron chi connectivity index (χ1n) is 15.2. The van der Waals surface area contributed by atoms with Crippen molar-refractivity contribution in [1.29, 1.82) is 0 Å². The Bertz CT molecular complexity index is 1860. The van der Waals surface area contributed by atoms with E-state index in [4.69, 9.17) is 9.47 Å². The fourth-order valence-corrected chi connectivity index (χ4v) is 10.9. The van der Waals surface area contributed by atoms with Gasteiger partial charge in [0.15, 0.2) is 5.12 Å². The van der Waals surface area contributed by atoms with Gasteiger partial charge in [0.2, 0.25) is 11.8 Å². The number of amides is 2. The highest BCUT2D eigenvalue weighted by Gasteiger charge is 2.48. The SMILES string of the molecule is CC(=O)NC=CSC(=O)CC1CC(=O)N1C(C(=O)OC1OC(=O)c2ccccc21)=P(c1ccccc1)(c1ccccc1)c1ccccc1. The molecule has 1 N–H and O–H groups in total. The molecule has 242 valence electrons. The molecule has 0 aromatic heterocycles. The fourth-order valence-electron chi connectivity index (χ4n) is 5.95. The molecule has 6 rings (SSSR count). The zero-order chi connectivity index (χ0) is 33.7. The summed E-state index contributed by atoms with van der Waals surface area (Å²) < 4.78 is 11.6. The predicted molar refractivity (Wildman–Crippen MR) is 186 cm³/mol. The summed E-state index contributed by atoms with van der Waals surface area (Å²) in [5, 5.41) is 6.07. The zero-order valence-electron chi connectivity index (χ0n) is 25.9. The molecule has 1 fully saturated rings. The smallest absolute Gasteiger partial charge is 0.359 e. The second-order valence-corrected chi connectivity index (χ2v) is 15.3. The van der Waals surface area contributed by atoms with Gasteiger partial charge < -0.3 is 19.7 Å². The van der Waals surface area contributed by atoms with E-state index in [2.05, 4.69) is 5.32 Å². The number of carbonyl (C=O) groups is 5. The van der Waals surface area contributed by atoms with Crippen molar-refractivity contribution in [3.63, 3.8) is 0 Å². The second kappa shape index (κ2) is 14.3. The number of hydrogen-bond acceptors (Lipinski definition) is 8. The Labute approximate surface area is 281 Å². The quantitative estimate of drug-likeness (QED) is 0.149. The normalized spacial score (nSPS) is 16.9. The molecule has 2 amide bonds. The Morgan fingerprint density at radius 3 is 1.94 bits per heavy atom. The van der Waals surface area contributed by atoms with Crippen molar-refractivity contribution in [2.45, 2.75) is 32.1 Å². The summed E-state index contributed by atoms with van der Waals surface area (Å²) in [6.07, 6.45) is 0.0300. The van der Waals surface area contributed by atoms with E-state index >= 15 is 0 Å². The van der Waals surface area contributed by atoms with Gasteiger partial charge in [0, 0.05) is 38.4 Å². The molecule has 2 atom stereocenters. The van der Waals surface area contributed by atoms with E-state index in [1.165, 1.54) is 23.4 Å². The van der Waals surface area contributed by atoms with Crippen LogP contribution in [0.15, 0.2) is 127 Å². The topological polar surface area (TPSA) is 119 Å². The van der Waals surface area contributed by atoms with Crippen molar-refractivity contribution >= 4 is 68.8 Å². The molecule has 0 aliphatic carbocycles. The Morgan fingerprint density at radius 1 is 0.854 bits per heavy atom. The van der Waals surface area contributed by atoms with Gasteiger partial charge in [-0.25, -0.2) is 9.59 Å². The standard InChI is InChI=1S/C37H31N2O7PS/c1-25(40)38-21-22-48-33(42)24-26-23-32(41)39(26)34(36(44)46-37-31-20-12-11-19-30(31)35(43)45-37)47(27-13-5-2-6-14-27,28-15-7-3-8-16-28)29-17-9-4-10-18-29/h2-22,26,37H,23-24H2,1H3,(H,38,40). The van der Waals surface area contributed by atoms with Crippen molar-refractivity contribution < 1.29 is 33.4 Å². The molecule has 11 heteroatoms. The molecule has 2 unspecified atom stereocenters. The van der Waals surface area contributed by atoms with Gasteiger partial charge in [-0.2, -0.15) is 0 Å². The Balaban J connectivity index is 1.56. The number of hydrogen-bond donors (Lipinski definition) is 1. The number of fused-ring (bicyclic) bond motifs is 1. The molecule has 4 aromatic rings. The summed E-state index contributed by atoms with van der Waals surface area (Å²) in [7, 11) is 0. The summed E-state index contributed by atoms with van der Waals surface area (Å²) in [6, 6.07) is 34.5. The summed E-state index contributed by atoms with van der Waals surface area (Å²) in [6.45, 7) is -1.87. The summed E-state index contributed by atoms with van der Waals surface area (Å²) >= 11 is 0.889. The molecular formula is C37H31N2O7PS. The number of esters is 2. The average Bonchev–Trinajstić information content (AvgIpc) is 3.42. The first-order chi connectivity index (χ1) is 23.3. The second-order valence-electron chi connectivity index (χ2n) is 11.0. The van der Waals surface area contributed by atoms with Gasteiger partial charge in [-0.15, -0.1) is 0 Å². The van der Waals surface area contributed by atoms with Gasteiger partial charge in [0.05, 0.1) is 11.6 Å². The van der Waals surface area contributed by atoms with E-state index < -0.39 is 31.2 Å². The lowest BCUT2D eigenvalue weighted by Gasteiger charge is -2.45. The molecule has 1 saturated heterocycles. The number of nitrogens with one attached hydrogen (secondary N) is 1. The monoisotopic (exact) mass is 678 g/mol. The van der Waals surface area contributed by atoms with Crippen LogP contribution in [0.1, 0.15) is 42.0 Å². The zero-order valence-corrected chi connectivity index (χ0v) is 27.6. The predicted octanol–water partition coefficient (Wildman–Crippen LogP) is 4.38. The van der Waals surface area contributed by atoms with E-state index in [-0.39, 0.29) is 35.2 Å². The highest BCUT2D eigenvalue weighted by atomic mass is 32.2. The number of likely N-dealkylation sites (tertiary alicyclic amines) is 1. The van der Waals surface area contributed by atoms with Crippen LogP contribution >= 0.6 is 18.6 Å². The third-order valence-corrected chi connectivity index (χ3v) is 13.0. The summed E-state index contributed by atoms with van der Waals surface area (Å²) in [4.78, 5) is 67.2.